The molecular weight excluding hydrogens is 300 g/mol. The second kappa shape index (κ2) is 7.51. The van der Waals surface area contributed by atoms with Crippen LogP contribution < -0.4 is 10.6 Å². The summed E-state index contributed by atoms with van der Waals surface area (Å²) in [5.41, 5.74) is 2.56. The number of hydrogen-bond acceptors (Lipinski definition) is 3. The predicted octanol–water partition coefficient (Wildman–Crippen LogP) is 2.79. The van der Waals surface area contributed by atoms with Crippen molar-refractivity contribution >= 4 is 5.96 Å². The van der Waals surface area contributed by atoms with Gasteiger partial charge in [-0.1, -0.05) is 12.5 Å². The normalized spacial score (nSPS) is 25.0. The molecule has 3 rings (SSSR count). The third kappa shape index (κ3) is 3.27. The lowest BCUT2D eigenvalue weighted by Crippen LogP contribution is -2.68. The molecule has 0 saturated heterocycles. The molecule has 2 fully saturated rings. The van der Waals surface area contributed by atoms with Crippen LogP contribution in [0.1, 0.15) is 50.8 Å². The van der Waals surface area contributed by atoms with Crippen molar-refractivity contribution in [3.05, 3.63) is 29.6 Å². The van der Waals surface area contributed by atoms with Crippen molar-refractivity contribution in [3.63, 3.8) is 0 Å². The maximum atomic E-state index is 5.94. The Morgan fingerprint density at radius 2 is 2.25 bits per heavy atom. The molecule has 132 valence electrons. The van der Waals surface area contributed by atoms with Gasteiger partial charge in [-0.3, -0.25) is 4.98 Å². The first kappa shape index (κ1) is 17.2. The van der Waals surface area contributed by atoms with Crippen molar-refractivity contribution in [1.82, 2.24) is 15.6 Å². The first-order chi connectivity index (χ1) is 11.7. The monoisotopic (exact) mass is 330 g/mol. The van der Waals surface area contributed by atoms with Crippen LogP contribution >= 0.6 is 0 Å². The number of ether oxygens (including phenoxy) is 1. The van der Waals surface area contributed by atoms with Gasteiger partial charge in [-0.25, -0.2) is 4.99 Å². The molecule has 5 heteroatoms. The Kier molecular flexibility index (Phi) is 5.39. The number of aromatic nitrogens is 1. The fraction of sp³-hybridized carbons (Fsp3) is 0.684. The van der Waals surface area contributed by atoms with Gasteiger partial charge >= 0.3 is 0 Å². The summed E-state index contributed by atoms with van der Waals surface area (Å²) in [6.07, 6.45) is 7.21. The number of aryl methyl sites for hydroxylation is 1. The van der Waals surface area contributed by atoms with Crippen molar-refractivity contribution in [1.29, 1.82) is 0 Å². The minimum absolute atomic E-state index is 0.340. The minimum Gasteiger partial charge on any atom is -0.378 e. The van der Waals surface area contributed by atoms with Crippen LogP contribution in [0.4, 0.5) is 0 Å². The number of guanidine groups is 1. The van der Waals surface area contributed by atoms with E-state index in [1.165, 1.54) is 24.8 Å². The molecule has 0 radical (unpaired) electrons. The molecule has 5 nitrogen and oxygen atoms in total. The van der Waals surface area contributed by atoms with Gasteiger partial charge in [0.2, 0.25) is 0 Å². The molecule has 2 aliphatic carbocycles. The highest BCUT2D eigenvalue weighted by Crippen LogP contribution is 2.57. The van der Waals surface area contributed by atoms with Gasteiger partial charge in [-0.2, -0.15) is 0 Å². The summed E-state index contributed by atoms with van der Waals surface area (Å²) < 4.78 is 5.94. The minimum atomic E-state index is 0.340. The average Bonchev–Trinajstić information content (AvgIpc) is 2.51. The maximum Gasteiger partial charge on any atom is 0.191 e. The number of nitrogens with one attached hydrogen (secondary N) is 2. The maximum absolute atomic E-state index is 5.94. The highest BCUT2D eigenvalue weighted by molar-refractivity contribution is 5.80. The summed E-state index contributed by atoms with van der Waals surface area (Å²) in [4.78, 5) is 9.19. The lowest BCUT2D eigenvalue weighted by molar-refractivity contribution is -0.168. The summed E-state index contributed by atoms with van der Waals surface area (Å²) in [5, 5.41) is 7.03. The summed E-state index contributed by atoms with van der Waals surface area (Å²) in [6, 6.07) is 4.53. The first-order valence-corrected chi connectivity index (χ1v) is 9.26. The smallest absolute Gasteiger partial charge is 0.191 e. The summed E-state index contributed by atoms with van der Waals surface area (Å²) >= 11 is 0. The lowest BCUT2D eigenvalue weighted by Gasteiger charge is -2.61. The molecule has 0 aromatic carbocycles. The second-order valence-corrected chi connectivity index (χ2v) is 6.93. The molecule has 0 aliphatic heterocycles. The SMILES string of the molecule is CCNC(=NCc1ncccc1C)NC1CC(OCC)C12CCC2. The average molecular weight is 330 g/mol. The second-order valence-electron chi connectivity index (χ2n) is 6.93. The van der Waals surface area contributed by atoms with E-state index in [2.05, 4.69) is 42.5 Å². The van der Waals surface area contributed by atoms with Crippen LogP contribution in [0.2, 0.25) is 0 Å². The number of pyridine rings is 1. The molecule has 2 unspecified atom stereocenters. The highest BCUT2D eigenvalue weighted by atomic mass is 16.5. The molecule has 1 aromatic heterocycles. The van der Waals surface area contributed by atoms with Gasteiger partial charge in [-0.05, 0) is 51.7 Å². The molecule has 0 bridgehead atoms. The van der Waals surface area contributed by atoms with Crippen LogP contribution in [-0.2, 0) is 11.3 Å². The van der Waals surface area contributed by atoms with Crippen LogP contribution in [0.3, 0.4) is 0 Å². The Bertz CT molecular complexity index is 582. The van der Waals surface area contributed by atoms with Crippen LogP contribution in [0.15, 0.2) is 23.3 Å². The molecular formula is C19H30N4O. The van der Waals surface area contributed by atoms with Crippen molar-refractivity contribution < 1.29 is 4.74 Å². The van der Waals surface area contributed by atoms with E-state index in [4.69, 9.17) is 9.73 Å². The molecule has 2 N–H and O–H groups in total. The number of rotatable bonds is 6. The van der Waals surface area contributed by atoms with Crippen LogP contribution in [-0.4, -0.2) is 36.2 Å². The fourth-order valence-corrected chi connectivity index (χ4v) is 3.96. The first-order valence-electron chi connectivity index (χ1n) is 9.26. The number of nitrogens with zero attached hydrogens (tertiary/aromatic N) is 2. The zero-order valence-electron chi connectivity index (χ0n) is 15.1. The quantitative estimate of drug-likeness (QED) is 0.622. The van der Waals surface area contributed by atoms with E-state index in [1.807, 2.05) is 12.3 Å². The molecule has 2 atom stereocenters. The van der Waals surface area contributed by atoms with Gasteiger partial charge in [0.25, 0.3) is 0 Å². The van der Waals surface area contributed by atoms with Crippen LogP contribution in [0, 0.1) is 12.3 Å². The van der Waals surface area contributed by atoms with Crippen LogP contribution in [0.5, 0.6) is 0 Å². The van der Waals surface area contributed by atoms with E-state index in [0.717, 1.165) is 31.2 Å². The summed E-state index contributed by atoms with van der Waals surface area (Å²) in [6.45, 7) is 8.56. The molecule has 2 aliphatic rings. The third-order valence-electron chi connectivity index (χ3n) is 5.60. The summed E-state index contributed by atoms with van der Waals surface area (Å²) in [7, 11) is 0. The van der Waals surface area contributed by atoms with Gasteiger partial charge in [0.1, 0.15) is 0 Å². The lowest BCUT2D eigenvalue weighted by atomic mass is 9.51. The van der Waals surface area contributed by atoms with E-state index in [0.29, 0.717) is 24.1 Å². The van der Waals surface area contributed by atoms with E-state index >= 15 is 0 Å². The molecule has 24 heavy (non-hydrogen) atoms. The van der Waals surface area contributed by atoms with Gasteiger partial charge in [-0.15, -0.1) is 0 Å². The van der Waals surface area contributed by atoms with Gasteiger partial charge < -0.3 is 15.4 Å². The molecule has 1 heterocycles. The van der Waals surface area contributed by atoms with Gasteiger partial charge in [0.15, 0.2) is 5.96 Å². The summed E-state index contributed by atoms with van der Waals surface area (Å²) in [5.74, 6) is 0.897. The Morgan fingerprint density at radius 1 is 1.42 bits per heavy atom. The molecule has 0 amide bonds. The van der Waals surface area contributed by atoms with Gasteiger partial charge in [0.05, 0.1) is 18.3 Å². The number of aliphatic imine (C=N–C) groups is 1. The molecule has 2 saturated carbocycles. The Balaban J connectivity index is 1.64. The van der Waals surface area contributed by atoms with Crippen molar-refractivity contribution in [3.8, 4) is 0 Å². The van der Waals surface area contributed by atoms with Crippen LogP contribution in [0.25, 0.3) is 0 Å². The predicted molar refractivity (Wildman–Crippen MR) is 97.0 cm³/mol. The largest absolute Gasteiger partial charge is 0.378 e. The zero-order valence-corrected chi connectivity index (χ0v) is 15.1. The van der Waals surface area contributed by atoms with Crippen molar-refractivity contribution in [2.75, 3.05) is 13.2 Å². The van der Waals surface area contributed by atoms with E-state index in [1.54, 1.807) is 0 Å². The molecule has 1 aromatic rings. The Hall–Kier alpha value is -1.62. The Morgan fingerprint density at radius 3 is 2.88 bits per heavy atom. The van der Waals surface area contributed by atoms with Crippen molar-refractivity contribution in [2.24, 2.45) is 10.4 Å². The highest BCUT2D eigenvalue weighted by Gasteiger charge is 2.59. The standard InChI is InChI=1S/C19H30N4O/c1-4-20-18(22-13-15-14(3)8-6-11-21-15)23-16-12-17(24-5-2)19(16)9-7-10-19/h6,8,11,16-17H,4-5,7,9-10,12-13H2,1-3H3,(H2,20,22,23). The zero-order chi connectivity index (χ0) is 17.0. The fourth-order valence-electron chi connectivity index (χ4n) is 3.96. The van der Waals surface area contributed by atoms with Gasteiger partial charge in [0, 0.05) is 30.8 Å². The Labute approximate surface area is 145 Å². The van der Waals surface area contributed by atoms with E-state index < -0.39 is 0 Å². The van der Waals surface area contributed by atoms with E-state index in [9.17, 15) is 0 Å². The molecule has 1 spiro atoms. The third-order valence-corrected chi connectivity index (χ3v) is 5.60. The number of hydrogen-bond donors (Lipinski definition) is 2. The van der Waals surface area contributed by atoms with E-state index in [-0.39, 0.29) is 0 Å². The van der Waals surface area contributed by atoms with Crippen molar-refractivity contribution in [2.45, 2.75) is 65.1 Å². The topological polar surface area (TPSA) is 58.5 Å².